The molecule has 1 aromatic heterocycles. The highest BCUT2D eigenvalue weighted by atomic mass is 79.9. The number of halogens is 1. The topological polar surface area (TPSA) is 56.1 Å². The molecular weight excluding hydrogens is 322 g/mol. The van der Waals surface area contributed by atoms with Gasteiger partial charge in [-0.1, -0.05) is 0 Å². The Hall–Kier alpha value is -1.82. The first-order valence-corrected chi connectivity index (χ1v) is 6.94. The number of aromatic nitrogens is 2. The fourth-order valence-corrected chi connectivity index (χ4v) is 2.12. The molecule has 6 heteroatoms. The highest BCUT2D eigenvalue weighted by Gasteiger charge is 2.11. The van der Waals surface area contributed by atoms with Gasteiger partial charge in [0.2, 0.25) is 5.91 Å². The van der Waals surface area contributed by atoms with E-state index in [1.807, 2.05) is 13.8 Å². The van der Waals surface area contributed by atoms with Gasteiger partial charge in [0.05, 0.1) is 23.0 Å². The lowest BCUT2D eigenvalue weighted by atomic mass is 10.3. The van der Waals surface area contributed by atoms with Crippen molar-refractivity contribution in [2.75, 3.05) is 12.4 Å². The summed E-state index contributed by atoms with van der Waals surface area (Å²) in [5.74, 6) is 0.638. The second kappa shape index (κ2) is 6.09. The molecule has 1 N–H and O–H groups in total. The van der Waals surface area contributed by atoms with Gasteiger partial charge in [-0.05, 0) is 54.0 Å². The van der Waals surface area contributed by atoms with Crippen LogP contribution in [0, 0.1) is 13.8 Å². The quantitative estimate of drug-likeness (QED) is 0.933. The molecule has 2 rings (SSSR count). The van der Waals surface area contributed by atoms with Crippen molar-refractivity contribution in [1.82, 2.24) is 9.78 Å². The Morgan fingerprint density at radius 2 is 2.00 bits per heavy atom. The van der Waals surface area contributed by atoms with Gasteiger partial charge >= 0.3 is 0 Å². The lowest BCUT2D eigenvalue weighted by Gasteiger charge is -2.07. The van der Waals surface area contributed by atoms with E-state index in [4.69, 9.17) is 4.74 Å². The molecule has 0 saturated carbocycles. The van der Waals surface area contributed by atoms with Gasteiger partial charge in [0.25, 0.3) is 0 Å². The van der Waals surface area contributed by atoms with Crippen LogP contribution in [0.5, 0.6) is 5.75 Å². The highest BCUT2D eigenvalue weighted by Crippen LogP contribution is 2.20. The summed E-state index contributed by atoms with van der Waals surface area (Å²) in [4.78, 5) is 12.0. The number of hydrogen-bond acceptors (Lipinski definition) is 3. The number of aryl methyl sites for hydroxylation is 1. The predicted octanol–water partition coefficient (Wildman–Crippen LogP) is 2.91. The van der Waals surface area contributed by atoms with E-state index in [9.17, 15) is 4.79 Å². The van der Waals surface area contributed by atoms with Crippen molar-refractivity contribution in [2.45, 2.75) is 20.4 Å². The minimum Gasteiger partial charge on any atom is -0.497 e. The van der Waals surface area contributed by atoms with E-state index in [1.165, 1.54) is 0 Å². The van der Waals surface area contributed by atoms with Gasteiger partial charge < -0.3 is 10.1 Å². The molecule has 0 aliphatic rings. The van der Waals surface area contributed by atoms with Gasteiger partial charge in [-0.3, -0.25) is 9.48 Å². The monoisotopic (exact) mass is 337 g/mol. The zero-order valence-corrected chi connectivity index (χ0v) is 13.2. The van der Waals surface area contributed by atoms with Crippen molar-refractivity contribution in [3.05, 3.63) is 40.1 Å². The first-order chi connectivity index (χ1) is 9.51. The standard InChI is InChI=1S/C14H16BrN3O2/c1-9-14(15)10(2)18(17-9)8-13(19)16-11-4-6-12(20-3)7-5-11/h4-7H,8H2,1-3H3,(H,16,19). The molecule has 0 spiro atoms. The number of carbonyl (C=O) groups is 1. The molecule has 0 unspecified atom stereocenters. The van der Waals surface area contributed by atoms with Crippen LogP contribution in [0.3, 0.4) is 0 Å². The van der Waals surface area contributed by atoms with Crippen molar-refractivity contribution in [3.63, 3.8) is 0 Å². The molecule has 20 heavy (non-hydrogen) atoms. The summed E-state index contributed by atoms with van der Waals surface area (Å²) in [6.45, 7) is 4.00. The molecule has 0 aliphatic heterocycles. The van der Waals surface area contributed by atoms with Crippen molar-refractivity contribution in [2.24, 2.45) is 0 Å². The Kier molecular flexibility index (Phi) is 4.44. The molecule has 2 aromatic rings. The summed E-state index contributed by atoms with van der Waals surface area (Å²) >= 11 is 3.44. The third-order valence-electron chi connectivity index (χ3n) is 2.96. The summed E-state index contributed by atoms with van der Waals surface area (Å²) < 4.78 is 7.69. The molecule has 0 atom stereocenters. The number of benzene rings is 1. The van der Waals surface area contributed by atoms with Gasteiger partial charge in [-0.15, -0.1) is 0 Å². The van der Waals surface area contributed by atoms with E-state index in [0.29, 0.717) is 0 Å². The third-order valence-corrected chi connectivity index (χ3v) is 4.11. The molecule has 5 nitrogen and oxygen atoms in total. The SMILES string of the molecule is COc1ccc(NC(=O)Cn2nc(C)c(Br)c2C)cc1. The van der Waals surface area contributed by atoms with Gasteiger partial charge in [0, 0.05) is 5.69 Å². The fraction of sp³-hybridized carbons (Fsp3) is 0.286. The van der Waals surface area contributed by atoms with Crippen molar-refractivity contribution in [1.29, 1.82) is 0 Å². The van der Waals surface area contributed by atoms with Crippen LogP contribution < -0.4 is 10.1 Å². The minimum absolute atomic E-state index is 0.117. The Morgan fingerprint density at radius 1 is 1.35 bits per heavy atom. The van der Waals surface area contributed by atoms with E-state index >= 15 is 0 Å². The number of carbonyl (C=O) groups excluding carboxylic acids is 1. The molecule has 1 aromatic carbocycles. The molecule has 0 bridgehead atoms. The summed E-state index contributed by atoms with van der Waals surface area (Å²) in [6.07, 6.45) is 0. The fourth-order valence-electron chi connectivity index (χ4n) is 1.84. The second-order valence-corrected chi connectivity index (χ2v) is 5.21. The number of nitrogens with zero attached hydrogens (tertiary/aromatic N) is 2. The molecular formula is C14H16BrN3O2. The summed E-state index contributed by atoms with van der Waals surface area (Å²) in [7, 11) is 1.61. The minimum atomic E-state index is -0.117. The number of amides is 1. The molecule has 0 aliphatic carbocycles. The Balaban J connectivity index is 2.03. The zero-order chi connectivity index (χ0) is 14.7. The van der Waals surface area contributed by atoms with E-state index in [1.54, 1.807) is 36.1 Å². The molecule has 1 amide bonds. The molecule has 1 heterocycles. The third kappa shape index (κ3) is 3.19. The van der Waals surface area contributed by atoms with Gasteiger partial charge in [0.15, 0.2) is 0 Å². The number of anilines is 1. The maximum atomic E-state index is 12.0. The molecule has 0 fully saturated rings. The Morgan fingerprint density at radius 3 is 2.50 bits per heavy atom. The van der Waals surface area contributed by atoms with Crippen molar-refractivity contribution >= 4 is 27.5 Å². The lowest BCUT2D eigenvalue weighted by Crippen LogP contribution is -2.20. The van der Waals surface area contributed by atoms with E-state index in [0.717, 1.165) is 27.3 Å². The average Bonchev–Trinajstić information content (AvgIpc) is 2.67. The number of rotatable bonds is 4. The van der Waals surface area contributed by atoms with Crippen molar-refractivity contribution in [3.8, 4) is 5.75 Å². The first kappa shape index (κ1) is 14.6. The summed E-state index contributed by atoms with van der Waals surface area (Å²) in [5.41, 5.74) is 2.54. The van der Waals surface area contributed by atoms with E-state index in [2.05, 4.69) is 26.3 Å². The molecule has 106 valence electrons. The summed E-state index contributed by atoms with van der Waals surface area (Å²) in [6, 6.07) is 7.20. The van der Waals surface area contributed by atoms with Crippen LogP contribution in [0.25, 0.3) is 0 Å². The normalized spacial score (nSPS) is 10.4. The van der Waals surface area contributed by atoms with Crippen LogP contribution in [0.4, 0.5) is 5.69 Å². The first-order valence-electron chi connectivity index (χ1n) is 6.14. The maximum absolute atomic E-state index is 12.0. The lowest BCUT2D eigenvalue weighted by molar-refractivity contribution is -0.116. The van der Waals surface area contributed by atoms with Crippen molar-refractivity contribution < 1.29 is 9.53 Å². The molecule has 0 radical (unpaired) electrons. The van der Waals surface area contributed by atoms with Crippen LogP contribution in [-0.4, -0.2) is 22.8 Å². The summed E-state index contributed by atoms with van der Waals surface area (Å²) in [5, 5.41) is 7.13. The van der Waals surface area contributed by atoms with Gasteiger partial charge in [-0.2, -0.15) is 5.10 Å². The number of hydrogen-bond donors (Lipinski definition) is 1. The highest BCUT2D eigenvalue weighted by molar-refractivity contribution is 9.10. The van der Waals surface area contributed by atoms with E-state index in [-0.39, 0.29) is 12.5 Å². The number of nitrogens with one attached hydrogen (secondary N) is 1. The number of ether oxygens (including phenoxy) is 1. The predicted molar refractivity (Wildman–Crippen MR) is 81.0 cm³/mol. The molecule has 0 saturated heterocycles. The van der Waals surface area contributed by atoms with Gasteiger partial charge in [-0.25, -0.2) is 0 Å². The van der Waals surface area contributed by atoms with Gasteiger partial charge in [0.1, 0.15) is 12.3 Å². The maximum Gasteiger partial charge on any atom is 0.246 e. The Bertz CT molecular complexity index is 620. The van der Waals surface area contributed by atoms with Crippen LogP contribution in [0.1, 0.15) is 11.4 Å². The van der Waals surface area contributed by atoms with Crippen LogP contribution >= 0.6 is 15.9 Å². The smallest absolute Gasteiger partial charge is 0.246 e. The Labute approximate surface area is 126 Å². The number of methoxy groups -OCH3 is 1. The van der Waals surface area contributed by atoms with E-state index < -0.39 is 0 Å². The largest absolute Gasteiger partial charge is 0.497 e. The van der Waals surface area contributed by atoms with Crippen LogP contribution in [0.2, 0.25) is 0 Å². The second-order valence-electron chi connectivity index (χ2n) is 4.42. The zero-order valence-electron chi connectivity index (χ0n) is 11.6. The average molecular weight is 338 g/mol. The van der Waals surface area contributed by atoms with Crippen LogP contribution in [0.15, 0.2) is 28.7 Å². The van der Waals surface area contributed by atoms with Crippen LogP contribution in [-0.2, 0) is 11.3 Å².